The summed E-state index contributed by atoms with van der Waals surface area (Å²) in [6.07, 6.45) is 0.310. The fourth-order valence-corrected chi connectivity index (χ4v) is 1.42. The molecule has 0 spiro atoms. The van der Waals surface area contributed by atoms with Gasteiger partial charge in [0.05, 0.1) is 0 Å². The van der Waals surface area contributed by atoms with Crippen molar-refractivity contribution in [2.45, 2.75) is 6.23 Å². The topological polar surface area (TPSA) is 21.3 Å². The van der Waals surface area contributed by atoms with Crippen LogP contribution in [-0.4, -0.2) is 25.0 Å². The van der Waals surface area contributed by atoms with Gasteiger partial charge in [-0.1, -0.05) is 0 Å². The van der Waals surface area contributed by atoms with E-state index in [0.717, 1.165) is 11.6 Å². The van der Waals surface area contributed by atoms with Gasteiger partial charge in [0.25, 0.3) is 0 Å². The molecule has 1 aliphatic rings. The molecule has 0 amide bonds. The SMILES string of the molecule is COC1CSCN1. The molecule has 3 heteroatoms. The molecule has 1 saturated heterocycles. The lowest BCUT2D eigenvalue weighted by molar-refractivity contribution is 0.104. The zero-order chi connectivity index (χ0) is 5.11. The molecule has 1 aliphatic heterocycles. The number of ether oxygens (including phenoxy) is 1. The van der Waals surface area contributed by atoms with E-state index in [1.807, 2.05) is 11.8 Å². The van der Waals surface area contributed by atoms with E-state index in [1.54, 1.807) is 7.11 Å². The highest BCUT2D eigenvalue weighted by Gasteiger charge is 2.11. The van der Waals surface area contributed by atoms with Gasteiger partial charge in [-0.3, -0.25) is 5.32 Å². The van der Waals surface area contributed by atoms with E-state index in [1.165, 1.54) is 0 Å². The molecule has 7 heavy (non-hydrogen) atoms. The Balaban J connectivity index is 2.14. The summed E-state index contributed by atoms with van der Waals surface area (Å²) in [7, 11) is 1.73. The average Bonchev–Trinajstić information content (AvgIpc) is 2.14. The highest BCUT2D eigenvalue weighted by Crippen LogP contribution is 2.08. The van der Waals surface area contributed by atoms with Gasteiger partial charge < -0.3 is 4.74 Å². The Morgan fingerprint density at radius 3 is 3.00 bits per heavy atom. The summed E-state index contributed by atoms with van der Waals surface area (Å²) in [4.78, 5) is 0. The first-order valence-electron chi connectivity index (χ1n) is 2.27. The van der Waals surface area contributed by atoms with E-state index in [0.29, 0.717) is 6.23 Å². The molecule has 1 fully saturated rings. The molecule has 1 N–H and O–H groups in total. The summed E-state index contributed by atoms with van der Waals surface area (Å²) in [5.41, 5.74) is 0. The quantitative estimate of drug-likeness (QED) is 0.534. The van der Waals surface area contributed by atoms with Crippen LogP contribution in [0.25, 0.3) is 0 Å². The Kier molecular flexibility index (Phi) is 1.97. The standard InChI is InChI=1S/C4H9NOS/c1-6-4-2-7-3-5-4/h4-5H,2-3H2,1H3. The Bertz CT molecular complexity index is 53.7. The zero-order valence-electron chi connectivity index (χ0n) is 4.31. The smallest absolute Gasteiger partial charge is 0.117 e. The number of nitrogens with one attached hydrogen (secondary N) is 1. The molecule has 1 rings (SSSR count). The van der Waals surface area contributed by atoms with Crippen LogP contribution in [-0.2, 0) is 4.74 Å². The first kappa shape index (κ1) is 5.41. The second-order valence-corrected chi connectivity index (χ2v) is 2.47. The minimum absolute atomic E-state index is 0.310. The number of rotatable bonds is 1. The van der Waals surface area contributed by atoms with Crippen molar-refractivity contribution < 1.29 is 4.74 Å². The van der Waals surface area contributed by atoms with Gasteiger partial charge >= 0.3 is 0 Å². The van der Waals surface area contributed by atoms with Crippen molar-refractivity contribution >= 4 is 11.8 Å². The van der Waals surface area contributed by atoms with Crippen LogP contribution in [0.3, 0.4) is 0 Å². The Hall–Kier alpha value is 0.270. The van der Waals surface area contributed by atoms with Crippen LogP contribution >= 0.6 is 11.8 Å². The lowest BCUT2D eigenvalue weighted by Crippen LogP contribution is -2.24. The van der Waals surface area contributed by atoms with Crippen molar-refractivity contribution in [3.8, 4) is 0 Å². The number of hydrogen-bond acceptors (Lipinski definition) is 3. The second kappa shape index (κ2) is 2.55. The normalized spacial score (nSPS) is 31.3. The molecule has 0 saturated carbocycles. The molecule has 1 heterocycles. The van der Waals surface area contributed by atoms with Crippen LogP contribution < -0.4 is 5.32 Å². The summed E-state index contributed by atoms with van der Waals surface area (Å²) in [5, 5.41) is 3.15. The molecule has 0 aliphatic carbocycles. The van der Waals surface area contributed by atoms with Crippen LogP contribution in [0.1, 0.15) is 0 Å². The summed E-state index contributed by atoms with van der Waals surface area (Å²) < 4.78 is 4.98. The van der Waals surface area contributed by atoms with Gasteiger partial charge in [-0.2, -0.15) is 0 Å². The Morgan fingerprint density at radius 2 is 2.71 bits per heavy atom. The maximum absolute atomic E-state index is 4.98. The van der Waals surface area contributed by atoms with Gasteiger partial charge in [0.1, 0.15) is 6.23 Å². The van der Waals surface area contributed by atoms with Crippen LogP contribution in [0, 0.1) is 0 Å². The van der Waals surface area contributed by atoms with E-state index in [9.17, 15) is 0 Å². The maximum Gasteiger partial charge on any atom is 0.117 e. The van der Waals surface area contributed by atoms with Crippen molar-refractivity contribution in [2.24, 2.45) is 0 Å². The molecule has 0 radical (unpaired) electrons. The lowest BCUT2D eigenvalue weighted by atomic mass is 10.7. The molecule has 42 valence electrons. The maximum atomic E-state index is 4.98. The van der Waals surface area contributed by atoms with Gasteiger partial charge in [0.2, 0.25) is 0 Å². The van der Waals surface area contributed by atoms with Crippen molar-refractivity contribution in [2.75, 3.05) is 18.7 Å². The predicted molar refractivity (Wildman–Crippen MR) is 31.3 cm³/mol. The third-order valence-corrected chi connectivity index (χ3v) is 1.88. The van der Waals surface area contributed by atoms with E-state index in [2.05, 4.69) is 5.32 Å². The predicted octanol–water partition coefficient (Wildman–Crippen LogP) is 0.253. The van der Waals surface area contributed by atoms with Crippen molar-refractivity contribution in [1.82, 2.24) is 5.32 Å². The molecular formula is C4H9NOS. The van der Waals surface area contributed by atoms with Gasteiger partial charge in [-0.15, -0.1) is 11.8 Å². The van der Waals surface area contributed by atoms with E-state index >= 15 is 0 Å². The molecule has 0 aromatic rings. The summed E-state index contributed by atoms with van der Waals surface area (Å²) >= 11 is 1.87. The number of methoxy groups -OCH3 is 1. The first-order valence-corrected chi connectivity index (χ1v) is 3.43. The summed E-state index contributed by atoms with van der Waals surface area (Å²) in [5.74, 6) is 2.13. The lowest BCUT2D eigenvalue weighted by Gasteiger charge is -2.03. The van der Waals surface area contributed by atoms with Crippen LogP contribution in [0.15, 0.2) is 0 Å². The van der Waals surface area contributed by atoms with Crippen LogP contribution in [0.4, 0.5) is 0 Å². The van der Waals surface area contributed by atoms with Crippen LogP contribution in [0.5, 0.6) is 0 Å². The largest absolute Gasteiger partial charge is 0.366 e. The fraction of sp³-hybridized carbons (Fsp3) is 1.00. The van der Waals surface area contributed by atoms with E-state index in [-0.39, 0.29) is 0 Å². The summed E-state index contributed by atoms with van der Waals surface area (Å²) in [6, 6.07) is 0. The molecule has 0 bridgehead atoms. The monoisotopic (exact) mass is 119 g/mol. The van der Waals surface area contributed by atoms with Crippen molar-refractivity contribution in [3.63, 3.8) is 0 Å². The van der Waals surface area contributed by atoms with Crippen molar-refractivity contribution in [1.29, 1.82) is 0 Å². The first-order chi connectivity index (χ1) is 3.43. The van der Waals surface area contributed by atoms with Gasteiger partial charge in [0, 0.05) is 18.7 Å². The highest BCUT2D eigenvalue weighted by molar-refractivity contribution is 7.99. The summed E-state index contributed by atoms with van der Waals surface area (Å²) in [6.45, 7) is 0. The number of hydrogen-bond donors (Lipinski definition) is 1. The molecule has 0 aromatic heterocycles. The highest BCUT2D eigenvalue weighted by atomic mass is 32.2. The third-order valence-electron chi connectivity index (χ3n) is 0.967. The second-order valence-electron chi connectivity index (χ2n) is 1.44. The fourth-order valence-electron chi connectivity index (χ4n) is 0.528. The van der Waals surface area contributed by atoms with E-state index in [4.69, 9.17) is 4.74 Å². The molecule has 0 aromatic carbocycles. The minimum atomic E-state index is 0.310. The Labute approximate surface area is 47.6 Å². The molecule has 1 unspecified atom stereocenters. The molecule has 1 atom stereocenters. The Morgan fingerprint density at radius 1 is 1.86 bits per heavy atom. The number of thioether (sulfide) groups is 1. The van der Waals surface area contributed by atoms with Gasteiger partial charge in [-0.25, -0.2) is 0 Å². The van der Waals surface area contributed by atoms with Gasteiger partial charge in [0.15, 0.2) is 0 Å². The van der Waals surface area contributed by atoms with E-state index < -0.39 is 0 Å². The van der Waals surface area contributed by atoms with Gasteiger partial charge in [-0.05, 0) is 0 Å². The molecule has 2 nitrogen and oxygen atoms in total. The zero-order valence-corrected chi connectivity index (χ0v) is 5.12. The van der Waals surface area contributed by atoms with Crippen LogP contribution in [0.2, 0.25) is 0 Å². The average molecular weight is 119 g/mol. The van der Waals surface area contributed by atoms with Crippen molar-refractivity contribution in [3.05, 3.63) is 0 Å². The molecular weight excluding hydrogens is 110 g/mol. The minimum Gasteiger partial charge on any atom is -0.366 e. The third kappa shape index (κ3) is 1.33.